The van der Waals surface area contributed by atoms with E-state index in [-0.39, 0.29) is 17.4 Å². The molecule has 0 spiro atoms. The van der Waals surface area contributed by atoms with Crippen molar-refractivity contribution in [1.29, 1.82) is 0 Å². The Morgan fingerprint density at radius 1 is 1.23 bits per heavy atom. The lowest BCUT2D eigenvalue weighted by Gasteiger charge is -2.13. The maximum atomic E-state index is 11.4. The molecule has 2 aromatic rings. The van der Waals surface area contributed by atoms with Crippen LogP contribution in [-0.2, 0) is 16.1 Å². The number of aromatic carboxylic acids is 1. The fourth-order valence-electron chi connectivity index (χ4n) is 2.51. The van der Waals surface area contributed by atoms with Gasteiger partial charge in [-0.2, -0.15) is 0 Å². The van der Waals surface area contributed by atoms with Gasteiger partial charge in [0.15, 0.2) is 5.75 Å². The number of furan rings is 1. The summed E-state index contributed by atoms with van der Waals surface area (Å²) in [5.74, 6) is 0.0942. The van der Waals surface area contributed by atoms with Crippen LogP contribution in [0, 0.1) is 0 Å². The van der Waals surface area contributed by atoms with Gasteiger partial charge in [0.25, 0.3) is 0 Å². The predicted molar refractivity (Wildman–Crippen MR) is 142 cm³/mol. The normalized spacial score (nSPS) is 10.2. The maximum absolute atomic E-state index is 11.4. The van der Waals surface area contributed by atoms with Crippen molar-refractivity contribution in [2.24, 2.45) is 0 Å². The standard InChI is InChI=1S/C13H13ClN2O4S.C7H13NO2.2C2H6/c1-15-21-12-5-9(13(17)18)10(6-11(12)20-14)16-7-8-3-2-4-19-8;1-6(10)7(8-2)4-3-5-9;2*1-2/h2-6,15-16H,7H2,1H3,(H,17,18);5,7-8H,3-4H2,1-2H3;2*1-2H3. The molecule has 11 heteroatoms. The van der Waals surface area contributed by atoms with Crippen molar-refractivity contribution in [3.63, 3.8) is 0 Å². The number of Topliss-reactive ketones (excluding diaryl/α,β-unsaturated/α-hetero) is 1. The van der Waals surface area contributed by atoms with Crippen LogP contribution in [0.5, 0.6) is 5.75 Å². The highest BCUT2D eigenvalue weighted by molar-refractivity contribution is 7.97. The molecule has 35 heavy (non-hydrogen) atoms. The molecular weight excluding hydrogens is 494 g/mol. The second kappa shape index (κ2) is 22.0. The lowest BCUT2D eigenvalue weighted by atomic mass is 10.1. The summed E-state index contributed by atoms with van der Waals surface area (Å²) in [7, 11) is 3.43. The van der Waals surface area contributed by atoms with Crippen molar-refractivity contribution in [2.75, 3.05) is 19.4 Å². The minimum atomic E-state index is -1.05. The lowest BCUT2D eigenvalue weighted by Crippen LogP contribution is -2.32. The molecule has 1 aromatic heterocycles. The number of carbonyl (C=O) groups is 3. The Kier molecular flexibility index (Phi) is 21.7. The Morgan fingerprint density at radius 2 is 1.89 bits per heavy atom. The number of rotatable bonds is 12. The molecule has 2 rings (SSSR count). The van der Waals surface area contributed by atoms with E-state index in [4.69, 9.17) is 20.6 Å². The molecular formula is C24H38ClN3O6S. The van der Waals surface area contributed by atoms with Gasteiger partial charge in [-0.1, -0.05) is 27.7 Å². The van der Waals surface area contributed by atoms with Crippen LogP contribution in [0.4, 0.5) is 5.69 Å². The second-order valence-corrected chi connectivity index (χ2v) is 7.37. The third-order valence-electron chi connectivity index (χ3n) is 4.05. The van der Waals surface area contributed by atoms with Crippen molar-refractivity contribution in [2.45, 2.75) is 64.9 Å². The van der Waals surface area contributed by atoms with Gasteiger partial charge in [-0.15, -0.1) is 0 Å². The van der Waals surface area contributed by atoms with Gasteiger partial charge in [-0.3, -0.25) is 9.52 Å². The molecule has 4 N–H and O–H groups in total. The molecule has 1 atom stereocenters. The van der Waals surface area contributed by atoms with E-state index in [1.165, 1.54) is 24.9 Å². The van der Waals surface area contributed by atoms with E-state index in [0.717, 1.165) is 6.29 Å². The molecule has 1 aromatic carbocycles. The lowest BCUT2D eigenvalue weighted by molar-refractivity contribution is -0.119. The van der Waals surface area contributed by atoms with E-state index in [1.54, 1.807) is 38.6 Å². The van der Waals surface area contributed by atoms with Crippen LogP contribution in [-0.4, -0.2) is 43.3 Å². The van der Waals surface area contributed by atoms with E-state index in [2.05, 4.69) is 15.4 Å². The Morgan fingerprint density at radius 3 is 2.31 bits per heavy atom. The molecule has 0 amide bonds. The Bertz CT molecular complexity index is 850. The van der Waals surface area contributed by atoms with Crippen LogP contribution >= 0.6 is 23.8 Å². The first-order valence-electron chi connectivity index (χ1n) is 11.3. The third-order valence-corrected chi connectivity index (χ3v) is 4.96. The van der Waals surface area contributed by atoms with Gasteiger partial charge in [0.05, 0.1) is 35.0 Å². The summed E-state index contributed by atoms with van der Waals surface area (Å²) < 4.78 is 12.8. The summed E-state index contributed by atoms with van der Waals surface area (Å²) in [4.78, 5) is 32.6. The van der Waals surface area contributed by atoms with Crippen LogP contribution in [0.1, 0.15) is 63.6 Å². The Balaban J connectivity index is 0. The zero-order valence-corrected chi connectivity index (χ0v) is 23.0. The third kappa shape index (κ3) is 13.8. The van der Waals surface area contributed by atoms with Crippen molar-refractivity contribution < 1.29 is 28.2 Å². The summed E-state index contributed by atoms with van der Waals surface area (Å²) >= 11 is 6.65. The number of carbonyl (C=O) groups excluding carboxylic acids is 2. The van der Waals surface area contributed by atoms with Crippen molar-refractivity contribution in [1.82, 2.24) is 10.0 Å². The number of nitrogens with one attached hydrogen (secondary N) is 3. The van der Waals surface area contributed by atoms with Crippen LogP contribution in [0.15, 0.2) is 39.8 Å². The van der Waals surface area contributed by atoms with E-state index >= 15 is 0 Å². The molecule has 0 fully saturated rings. The number of halogens is 1. The molecule has 0 saturated heterocycles. The average molecular weight is 532 g/mol. The van der Waals surface area contributed by atoms with Crippen LogP contribution < -0.4 is 19.6 Å². The number of anilines is 1. The highest BCUT2D eigenvalue weighted by atomic mass is 35.5. The monoisotopic (exact) mass is 531 g/mol. The Labute approximate surface area is 217 Å². The molecule has 0 aliphatic heterocycles. The van der Waals surface area contributed by atoms with E-state index in [1.807, 2.05) is 27.7 Å². The SMILES string of the molecule is CC.CC.CNC(CCC=O)C(C)=O.CNSc1cc(C(=O)O)c(NCc2ccco2)cc1OCl. The number of aldehydes is 1. The maximum Gasteiger partial charge on any atom is 0.337 e. The average Bonchev–Trinajstić information content (AvgIpc) is 3.40. The van der Waals surface area contributed by atoms with Crippen LogP contribution in [0.3, 0.4) is 0 Å². The topological polar surface area (TPSA) is 130 Å². The fourth-order valence-corrected chi connectivity index (χ4v) is 3.29. The molecule has 0 aliphatic rings. The second-order valence-electron chi connectivity index (χ2n) is 6.16. The summed E-state index contributed by atoms with van der Waals surface area (Å²) in [6, 6.07) is 6.43. The predicted octanol–water partition coefficient (Wildman–Crippen LogP) is 5.54. The number of ketones is 1. The zero-order valence-electron chi connectivity index (χ0n) is 21.4. The molecule has 0 saturated carbocycles. The summed E-state index contributed by atoms with van der Waals surface area (Å²) in [5.41, 5.74) is 0.520. The first-order valence-corrected chi connectivity index (χ1v) is 12.4. The number of hydrogen-bond donors (Lipinski definition) is 4. The van der Waals surface area contributed by atoms with E-state index in [0.29, 0.717) is 41.5 Å². The molecule has 9 nitrogen and oxygen atoms in total. The molecule has 1 heterocycles. The van der Waals surface area contributed by atoms with Crippen molar-refractivity contribution in [3.05, 3.63) is 41.9 Å². The van der Waals surface area contributed by atoms with Gasteiger partial charge >= 0.3 is 5.97 Å². The molecule has 0 bridgehead atoms. The number of carboxylic acids is 1. The van der Waals surface area contributed by atoms with Gasteiger partial charge in [0, 0.05) is 12.5 Å². The first kappa shape index (κ1) is 34.6. The largest absolute Gasteiger partial charge is 0.478 e. The molecule has 198 valence electrons. The van der Waals surface area contributed by atoms with Crippen LogP contribution in [0.25, 0.3) is 0 Å². The minimum Gasteiger partial charge on any atom is -0.478 e. The van der Waals surface area contributed by atoms with E-state index < -0.39 is 5.97 Å². The zero-order chi connectivity index (χ0) is 27.2. The fraction of sp³-hybridized carbons (Fsp3) is 0.458. The van der Waals surface area contributed by atoms with E-state index in [9.17, 15) is 19.5 Å². The smallest absolute Gasteiger partial charge is 0.337 e. The van der Waals surface area contributed by atoms with Crippen molar-refractivity contribution >= 4 is 47.5 Å². The number of hydrogen-bond acceptors (Lipinski definition) is 9. The number of benzene rings is 1. The molecule has 0 radical (unpaired) electrons. The van der Waals surface area contributed by atoms with Gasteiger partial charge in [0.2, 0.25) is 0 Å². The highest BCUT2D eigenvalue weighted by Gasteiger charge is 2.16. The number of carboxylic acid groups (broad SMARTS) is 1. The summed E-state index contributed by atoms with van der Waals surface area (Å²) in [5, 5.41) is 15.1. The minimum absolute atomic E-state index is 0.0874. The van der Waals surface area contributed by atoms with Crippen LogP contribution in [0.2, 0.25) is 0 Å². The van der Waals surface area contributed by atoms with Crippen molar-refractivity contribution in [3.8, 4) is 5.75 Å². The quantitative estimate of drug-likeness (QED) is 0.204. The number of likely N-dealkylation sites (N-methyl/N-ethyl adjacent to an activating group) is 1. The molecule has 1 unspecified atom stereocenters. The summed E-state index contributed by atoms with van der Waals surface area (Å²) in [6.07, 6.45) is 3.43. The first-order chi connectivity index (χ1) is 16.9. The van der Waals surface area contributed by atoms with Gasteiger partial charge in [0.1, 0.15) is 29.7 Å². The summed E-state index contributed by atoms with van der Waals surface area (Å²) in [6.45, 7) is 9.87. The Hall–Kier alpha value is -2.53. The van der Waals surface area contributed by atoms with Gasteiger partial charge in [-0.05, 0) is 57.6 Å². The van der Waals surface area contributed by atoms with Gasteiger partial charge < -0.3 is 29.2 Å². The van der Waals surface area contributed by atoms with Gasteiger partial charge in [-0.25, -0.2) is 4.79 Å². The molecule has 0 aliphatic carbocycles. The highest BCUT2D eigenvalue weighted by Crippen LogP contribution is 2.34.